The van der Waals surface area contributed by atoms with Crippen LogP contribution in [0.2, 0.25) is 0 Å². The van der Waals surface area contributed by atoms with Gasteiger partial charge in [-0.25, -0.2) is 0 Å². The third kappa shape index (κ3) is 2.12. The predicted molar refractivity (Wildman–Crippen MR) is 77.5 cm³/mol. The number of aryl methyl sites for hydroxylation is 3. The molecule has 1 aliphatic heterocycles. The molecule has 1 aliphatic carbocycles. The van der Waals surface area contributed by atoms with Gasteiger partial charge in [0.2, 0.25) is 0 Å². The SMILES string of the molecule is Cc1noc(N(C)C2CN(c3cc4c(nn3)CCC4)C2)n1. The predicted octanol–water partition coefficient (Wildman–Crippen LogP) is 0.982. The van der Waals surface area contributed by atoms with Gasteiger partial charge in [-0.1, -0.05) is 5.16 Å². The summed E-state index contributed by atoms with van der Waals surface area (Å²) in [6.45, 7) is 3.64. The number of nitrogens with zero attached hydrogens (tertiary/aromatic N) is 6. The van der Waals surface area contributed by atoms with Crippen molar-refractivity contribution in [1.82, 2.24) is 20.3 Å². The third-order valence-electron chi connectivity index (χ3n) is 4.36. The van der Waals surface area contributed by atoms with Crippen LogP contribution >= 0.6 is 0 Å². The molecule has 3 heterocycles. The first kappa shape index (κ1) is 12.6. The van der Waals surface area contributed by atoms with E-state index < -0.39 is 0 Å². The van der Waals surface area contributed by atoms with Crippen LogP contribution in [-0.4, -0.2) is 46.5 Å². The highest BCUT2D eigenvalue weighted by atomic mass is 16.5. The molecule has 0 saturated carbocycles. The first-order chi connectivity index (χ1) is 10.2. The molecule has 0 N–H and O–H groups in total. The summed E-state index contributed by atoms with van der Waals surface area (Å²) in [6.07, 6.45) is 3.41. The number of rotatable bonds is 3. The quantitative estimate of drug-likeness (QED) is 0.833. The molecule has 2 aromatic heterocycles. The normalized spacial score (nSPS) is 17.7. The van der Waals surface area contributed by atoms with Gasteiger partial charge in [0.25, 0.3) is 0 Å². The summed E-state index contributed by atoms with van der Waals surface area (Å²) in [5, 5.41) is 12.5. The Morgan fingerprint density at radius 3 is 2.90 bits per heavy atom. The number of anilines is 2. The van der Waals surface area contributed by atoms with Gasteiger partial charge in [-0.2, -0.15) is 10.1 Å². The van der Waals surface area contributed by atoms with E-state index in [0.717, 1.165) is 31.7 Å². The number of hydrogen-bond donors (Lipinski definition) is 0. The van der Waals surface area contributed by atoms with Crippen molar-refractivity contribution < 1.29 is 4.52 Å². The van der Waals surface area contributed by atoms with Gasteiger partial charge in [-0.05, 0) is 37.8 Å². The van der Waals surface area contributed by atoms with Crippen molar-refractivity contribution in [3.8, 4) is 0 Å². The summed E-state index contributed by atoms with van der Waals surface area (Å²) in [4.78, 5) is 8.55. The average Bonchev–Trinajstić information content (AvgIpc) is 3.04. The molecule has 4 rings (SSSR count). The highest BCUT2D eigenvalue weighted by Crippen LogP contribution is 2.27. The van der Waals surface area contributed by atoms with Crippen molar-refractivity contribution in [1.29, 1.82) is 0 Å². The zero-order valence-electron chi connectivity index (χ0n) is 12.3. The van der Waals surface area contributed by atoms with Crippen molar-refractivity contribution in [2.75, 3.05) is 29.9 Å². The lowest BCUT2D eigenvalue weighted by atomic mass is 10.1. The second kappa shape index (κ2) is 4.68. The lowest BCUT2D eigenvalue weighted by Crippen LogP contribution is -2.59. The summed E-state index contributed by atoms with van der Waals surface area (Å²) < 4.78 is 5.20. The summed E-state index contributed by atoms with van der Waals surface area (Å²) in [5.74, 6) is 1.65. The molecular formula is C14H18N6O. The van der Waals surface area contributed by atoms with Gasteiger partial charge in [0.15, 0.2) is 11.6 Å². The van der Waals surface area contributed by atoms with Crippen LogP contribution in [0.3, 0.4) is 0 Å². The zero-order chi connectivity index (χ0) is 14.4. The van der Waals surface area contributed by atoms with Crippen LogP contribution in [0, 0.1) is 6.92 Å². The Morgan fingerprint density at radius 1 is 1.29 bits per heavy atom. The van der Waals surface area contributed by atoms with E-state index in [9.17, 15) is 0 Å². The fraction of sp³-hybridized carbons (Fsp3) is 0.571. The molecule has 0 unspecified atom stereocenters. The lowest BCUT2D eigenvalue weighted by molar-refractivity contribution is 0.387. The van der Waals surface area contributed by atoms with Gasteiger partial charge in [-0.3, -0.25) is 0 Å². The molecule has 21 heavy (non-hydrogen) atoms. The first-order valence-electron chi connectivity index (χ1n) is 7.34. The molecule has 0 amide bonds. The molecule has 0 spiro atoms. The van der Waals surface area contributed by atoms with Crippen LogP contribution < -0.4 is 9.80 Å². The Balaban J connectivity index is 1.43. The van der Waals surface area contributed by atoms with E-state index in [-0.39, 0.29) is 0 Å². The van der Waals surface area contributed by atoms with Gasteiger partial charge in [0, 0.05) is 20.1 Å². The maximum Gasteiger partial charge on any atom is 0.324 e. The number of fused-ring (bicyclic) bond motifs is 1. The maximum absolute atomic E-state index is 5.20. The molecule has 0 radical (unpaired) electrons. The van der Waals surface area contributed by atoms with Gasteiger partial charge >= 0.3 is 6.01 Å². The smallest absolute Gasteiger partial charge is 0.324 e. The van der Waals surface area contributed by atoms with Crippen LogP contribution in [0.4, 0.5) is 11.8 Å². The van der Waals surface area contributed by atoms with Crippen LogP contribution in [0.1, 0.15) is 23.5 Å². The second-order valence-electron chi connectivity index (χ2n) is 5.82. The summed E-state index contributed by atoms with van der Waals surface area (Å²) in [6, 6.07) is 3.15. The molecule has 0 bridgehead atoms. The van der Waals surface area contributed by atoms with Crippen LogP contribution in [0.5, 0.6) is 0 Å². The topological polar surface area (TPSA) is 71.2 Å². The first-order valence-corrected chi connectivity index (χ1v) is 7.34. The van der Waals surface area contributed by atoms with Crippen molar-refractivity contribution in [3.63, 3.8) is 0 Å². The molecule has 7 nitrogen and oxygen atoms in total. The van der Waals surface area contributed by atoms with Gasteiger partial charge in [-0.15, -0.1) is 5.10 Å². The van der Waals surface area contributed by atoms with E-state index in [1.165, 1.54) is 17.7 Å². The van der Waals surface area contributed by atoms with E-state index >= 15 is 0 Å². The average molecular weight is 286 g/mol. The van der Waals surface area contributed by atoms with E-state index in [1.54, 1.807) is 0 Å². The highest BCUT2D eigenvalue weighted by molar-refractivity contribution is 5.47. The molecule has 110 valence electrons. The fourth-order valence-corrected chi connectivity index (χ4v) is 2.94. The van der Waals surface area contributed by atoms with Gasteiger partial charge in [0.05, 0.1) is 11.7 Å². The van der Waals surface area contributed by atoms with Crippen molar-refractivity contribution in [3.05, 3.63) is 23.1 Å². The molecule has 7 heteroatoms. The van der Waals surface area contributed by atoms with E-state index in [4.69, 9.17) is 4.52 Å². The third-order valence-corrected chi connectivity index (χ3v) is 4.36. The Kier molecular flexibility index (Phi) is 2.80. The lowest BCUT2D eigenvalue weighted by Gasteiger charge is -2.43. The van der Waals surface area contributed by atoms with Crippen LogP contribution in [0.15, 0.2) is 10.6 Å². The summed E-state index contributed by atoms with van der Waals surface area (Å²) in [7, 11) is 1.99. The Bertz CT molecular complexity index is 663. The number of hydrogen-bond acceptors (Lipinski definition) is 7. The van der Waals surface area contributed by atoms with E-state index in [1.807, 2.05) is 18.9 Å². The second-order valence-corrected chi connectivity index (χ2v) is 5.82. The minimum Gasteiger partial charge on any atom is -0.351 e. The van der Waals surface area contributed by atoms with E-state index in [0.29, 0.717) is 17.9 Å². The molecule has 1 fully saturated rings. The summed E-state index contributed by atoms with van der Waals surface area (Å²) in [5.41, 5.74) is 2.54. The largest absolute Gasteiger partial charge is 0.351 e. The fourth-order valence-electron chi connectivity index (χ4n) is 2.94. The monoisotopic (exact) mass is 286 g/mol. The Hall–Kier alpha value is -2.18. The van der Waals surface area contributed by atoms with Crippen LogP contribution in [-0.2, 0) is 12.8 Å². The molecule has 1 saturated heterocycles. The van der Waals surface area contributed by atoms with Gasteiger partial charge in [0.1, 0.15) is 0 Å². The number of aromatic nitrogens is 4. The standard InChI is InChI=1S/C14H18N6O/c1-9-15-14(21-18-9)19(2)11-7-20(8-11)13-6-10-4-3-5-12(10)16-17-13/h6,11H,3-5,7-8H2,1-2H3. The molecule has 2 aliphatic rings. The maximum atomic E-state index is 5.20. The Morgan fingerprint density at radius 2 is 2.14 bits per heavy atom. The van der Waals surface area contributed by atoms with Gasteiger partial charge < -0.3 is 14.3 Å². The Labute approximate surface area is 123 Å². The van der Waals surface area contributed by atoms with E-state index in [2.05, 4.69) is 31.3 Å². The minimum absolute atomic E-state index is 0.375. The minimum atomic E-state index is 0.375. The molecular weight excluding hydrogens is 268 g/mol. The molecule has 2 aromatic rings. The highest BCUT2D eigenvalue weighted by Gasteiger charge is 2.33. The zero-order valence-corrected chi connectivity index (χ0v) is 12.3. The molecule has 0 aromatic carbocycles. The van der Waals surface area contributed by atoms with Crippen LogP contribution in [0.25, 0.3) is 0 Å². The van der Waals surface area contributed by atoms with Crippen molar-refractivity contribution >= 4 is 11.8 Å². The van der Waals surface area contributed by atoms with Crippen molar-refractivity contribution in [2.45, 2.75) is 32.2 Å². The number of likely N-dealkylation sites (N-methyl/N-ethyl adjacent to an activating group) is 1. The van der Waals surface area contributed by atoms with Crippen molar-refractivity contribution in [2.24, 2.45) is 0 Å². The summed E-state index contributed by atoms with van der Waals surface area (Å²) >= 11 is 0. The molecule has 0 atom stereocenters.